The second-order valence-corrected chi connectivity index (χ2v) is 5.52. The Morgan fingerprint density at radius 2 is 1.29 bits per heavy atom. The van der Waals surface area contributed by atoms with Crippen molar-refractivity contribution in [1.82, 2.24) is 0 Å². The van der Waals surface area contributed by atoms with Gasteiger partial charge in [0.15, 0.2) is 30.2 Å². The van der Waals surface area contributed by atoms with Gasteiger partial charge in [-0.25, -0.2) is 0 Å². The van der Waals surface area contributed by atoms with Gasteiger partial charge in [-0.15, -0.1) is 40.5 Å². The van der Waals surface area contributed by atoms with Gasteiger partial charge in [0, 0.05) is 6.42 Å². The van der Waals surface area contributed by atoms with Crippen LogP contribution in [0.4, 0.5) is 0 Å². The second kappa shape index (κ2) is 11.6. The van der Waals surface area contributed by atoms with Crippen LogP contribution in [0.1, 0.15) is 5.56 Å². The van der Waals surface area contributed by atoms with Gasteiger partial charge in [-0.05, 0) is 5.56 Å². The van der Waals surface area contributed by atoms with Crippen LogP contribution in [0, 0.1) is 40.5 Å². The number of rotatable bonds is 15. The molecule has 0 unspecified atom stereocenters. The summed E-state index contributed by atoms with van der Waals surface area (Å²) in [5.74, 6) is -1.23. The van der Waals surface area contributed by atoms with Gasteiger partial charge in [0.2, 0.25) is 0 Å². The fourth-order valence-corrected chi connectivity index (χ4v) is 2.43. The molecule has 0 radical (unpaired) electrons. The molecule has 0 bridgehead atoms. The highest BCUT2D eigenvalue weighted by molar-refractivity contribution is 5.85. The molecule has 31 heavy (non-hydrogen) atoms. The van der Waals surface area contributed by atoms with Crippen LogP contribution in [-0.2, 0) is 30.6 Å². The monoisotopic (exact) mass is 450 g/mol. The quantitative estimate of drug-likeness (QED) is 0.251. The third kappa shape index (κ3) is 8.27. The molecule has 170 valence electrons. The Kier molecular flexibility index (Phi) is 9.24. The van der Waals surface area contributed by atoms with Crippen LogP contribution in [-0.4, -0.2) is 62.3 Å². The zero-order valence-electron chi connectivity index (χ0n) is 15.2. The number of carbonyl (C=O) groups excluding carboxylic acids is 1. The Balaban J connectivity index is 3.41. The standard InChI is InChI=1S/C13H14N4O14/c18-7-10(28-14(20)21)12(30-16(24)25)13(31-17(26)27)11(29-15(22)23)9(19)6-8-4-2-1-3-5-8/h1-5,10-13,18H,6-7H2/t10-,11+,12-,13-/m0/s1. The van der Waals surface area contributed by atoms with E-state index in [2.05, 4.69) is 19.4 Å². The minimum atomic E-state index is -2.63. The van der Waals surface area contributed by atoms with Gasteiger partial charge in [0.05, 0.1) is 6.61 Å². The summed E-state index contributed by atoms with van der Waals surface area (Å²) < 4.78 is 0. The van der Waals surface area contributed by atoms with E-state index in [1.165, 1.54) is 24.3 Å². The lowest BCUT2D eigenvalue weighted by Crippen LogP contribution is -2.55. The normalized spacial score (nSPS) is 14.2. The van der Waals surface area contributed by atoms with Crippen molar-refractivity contribution in [1.29, 1.82) is 0 Å². The van der Waals surface area contributed by atoms with E-state index in [0.717, 1.165) is 0 Å². The van der Waals surface area contributed by atoms with Gasteiger partial charge in [-0.2, -0.15) is 0 Å². The van der Waals surface area contributed by atoms with Crippen molar-refractivity contribution >= 4 is 5.78 Å². The smallest absolute Gasteiger partial charge is 0.295 e. The van der Waals surface area contributed by atoms with Gasteiger partial charge in [-0.3, -0.25) is 4.79 Å². The van der Waals surface area contributed by atoms with Crippen molar-refractivity contribution in [3.05, 3.63) is 76.4 Å². The molecule has 0 heterocycles. The molecule has 18 nitrogen and oxygen atoms in total. The predicted octanol–water partition coefficient (Wildman–Crippen LogP) is -0.902. The van der Waals surface area contributed by atoms with Crippen LogP contribution in [0.5, 0.6) is 0 Å². The molecule has 0 aliphatic carbocycles. The molecule has 1 rings (SSSR count). The molecule has 0 aliphatic heterocycles. The maximum absolute atomic E-state index is 12.6. The van der Waals surface area contributed by atoms with E-state index in [1.807, 2.05) is 0 Å². The first-order valence-corrected chi connectivity index (χ1v) is 7.97. The maximum Gasteiger partial charge on any atom is 0.295 e. The van der Waals surface area contributed by atoms with Gasteiger partial charge in [-0.1, -0.05) is 30.3 Å². The van der Waals surface area contributed by atoms with Crippen molar-refractivity contribution in [2.75, 3.05) is 6.61 Å². The number of aliphatic hydroxyl groups is 1. The van der Waals surface area contributed by atoms with Crippen LogP contribution < -0.4 is 0 Å². The van der Waals surface area contributed by atoms with E-state index < -0.39 is 63.6 Å². The summed E-state index contributed by atoms with van der Waals surface area (Å²) in [6.07, 6.45) is -10.7. The summed E-state index contributed by atoms with van der Waals surface area (Å²) in [5, 5.41) is 46.2. The first-order valence-electron chi connectivity index (χ1n) is 7.97. The molecule has 4 atom stereocenters. The van der Waals surface area contributed by atoms with Crippen molar-refractivity contribution in [2.24, 2.45) is 0 Å². The summed E-state index contributed by atoms with van der Waals surface area (Å²) in [4.78, 5) is 72.1. The molecule has 0 saturated carbocycles. The minimum absolute atomic E-state index is 0.274. The summed E-state index contributed by atoms with van der Waals surface area (Å²) in [5.41, 5.74) is 0.274. The van der Waals surface area contributed by atoms with Crippen molar-refractivity contribution < 1.29 is 49.6 Å². The first-order chi connectivity index (χ1) is 14.5. The number of carbonyl (C=O) groups is 1. The SMILES string of the molecule is O=C(Cc1ccccc1)[C@@H](O[N+](=O)[O-])[C@H](O[N+](=O)[O-])[C@@H](O[N+](=O)[O-])[C@H](CO)O[N+](=O)[O-]. The number of ketones is 1. The Bertz CT molecular complexity index is 805. The highest BCUT2D eigenvalue weighted by atomic mass is 17.0. The molecule has 1 aromatic carbocycles. The Labute approximate surface area is 170 Å². The topological polar surface area (TPSA) is 247 Å². The van der Waals surface area contributed by atoms with Gasteiger partial charge < -0.3 is 24.5 Å². The fourth-order valence-electron chi connectivity index (χ4n) is 2.43. The predicted molar refractivity (Wildman–Crippen MR) is 89.7 cm³/mol. The molecule has 1 N–H and O–H groups in total. The van der Waals surface area contributed by atoms with E-state index in [0.29, 0.717) is 0 Å². The van der Waals surface area contributed by atoms with E-state index in [-0.39, 0.29) is 5.56 Å². The third-order valence-electron chi connectivity index (χ3n) is 3.54. The lowest BCUT2D eigenvalue weighted by atomic mass is 9.96. The first kappa shape index (κ1) is 24.7. The van der Waals surface area contributed by atoms with Crippen LogP contribution in [0.15, 0.2) is 30.3 Å². The summed E-state index contributed by atoms with van der Waals surface area (Å²) in [6.45, 7) is -1.39. The Morgan fingerprint density at radius 1 is 0.806 bits per heavy atom. The zero-order chi connectivity index (χ0) is 23.6. The van der Waals surface area contributed by atoms with E-state index >= 15 is 0 Å². The molecule has 1 aromatic rings. The van der Waals surface area contributed by atoms with Gasteiger partial charge in [0.25, 0.3) is 20.3 Å². The van der Waals surface area contributed by atoms with Gasteiger partial charge in [0.1, 0.15) is 0 Å². The van der Waals surface area contributed by atoms with E-state index in [9.17, 15) is 50.4 Å². The average molecular weight is 450 g/mol. The number of nitrogens with zero attached hydrogens (tertiary/aromatic N) is 4. The largest absolute Gasteiger partial charge is 0.394 e. The Hall–Kier alpha value is -4.35. The lowest BCUT2D eigenvalue weighted by molar-refractivity contribution is -0.825. The number of hydrogen-bond acceptors (Lipinski definition) is 14. The van der Waals surface area contributed by atoms with E-state index in [4.69, 9.17) is 0 Å². The lowest BCUT2D eigenvalue weighted by Gasteiger charge is -2.31. The van der Waals surface area contributed by atoms with Crippen LogP contribution >= 0.6 is 0 Å². The van der Waals surface area contributed by atoms with Crippen molar-refractivity contribution in [2.45, 2.75) is 30.8 Å². The van der Waals surface area contributed by atoms with Crippen LogP contribution in [0.3, 0.4) is 0 Å². The van der Waals surface area contributed by atoms with E-state index in [1.54, 1.807) is 6.07 Å². The number of Topliss-reactive ketones (excluding diaryl/α,β-unsaturated/α-hetero) is 1. The summed E-state index contributed by atoms with van der Waals surface area (Å²) >= 11 is 0. The Morgan fingerprint density at radius 3 is 1.74 bits per heavy atom. The molecular formula is C13H14N4O14. The highest BCUT2D eigenvalue weighted by Crippen LogP contribution is 2.21. The molecule has 0 saturated heterocycles. The van der Waals surface area contributed by atoms with Crippen LogP contribution in [0.25, 0.3) is 0 Å². The van der Waals surface area contributed by atoms with Gasteiger partial charge >= 0.3 is 0 Å². The zero-order valence-corrected chi connectivity index (χ0v) is 15.2. The average Bonchev–Trinajstić information content (AvgIpc) is 2.67. The summed E-state index contributed by atoms with van der Waals surface area (Å²) in [7, 11) is 0. The summed E-state index contributed by atoms with van der Waals surface area (Å²) in [6, 6.07) is 7.42. The molecule has 0 amide bonds. The highest BCUT2D eigenvalue weighted by Gasteiger charge is 2.46. The molecule has 0 fully saturated rings. The third-order valence-corrected chi connectivity index (χ3v) is 3.54. The molecule has 0 aliphatic rings. The number of benzene rings is 1. The number of hydrogen-bond donors (Lipinski definition) is 1. The minimum Gasteiger partial charge on any atom is -0.394 e. The van der Waals surface area contributed by atoms with Crippen molar-refractivity contribution in [3.63, 3.8) is 0 Å². The number of aliphatic hydroxyl groups excluding tert-OH is 1. The second-order valence-electron chi connectivity index (χ2n) is 5.52. The molecular weight excluding hydrogens is 436 g/mol. The molecule has 0 spiro atoms. The molecule has 18 heteroatoms. The molecule has 0 aromatic heterocycles. The van der Waals surface area contributed by atoms with Crippen LogP contribution in [0.2, 0.25) is 0 Å². The fraction of sp³-hybridized carbons (Fsp3) is 0.462. The maximum atomic E-state index is 12.6. The van der Waals surface area contributed by atoms with Crippen molar-refractivity contribution in [3.8, 4) is 0 Å².